The Kier molecular flexibility index (Phi) is 3.46. The molecule has 0 bridgehead atoms. The van der Waals surface area contributed by atoms with E-state index >= 15 is 0 Å². The average Bonchev–Trinajstić information content (AvgIpc) is 2.74. The van der Waals surface area contributed by atoms with E-state index in [9.17, 15) is 0 Å². The van der Waals surface area contributed by atoms with Gasteiger partial charge in [0.15, 0.2) is 0 Å². The minimum absolute atomic E-state index is 0.302. The highest BCUT2D eigenvalue weighted by atomic mass is 16.5. The molecule has 1 aliphatic heterocycles. The summed E-state index contributed by atoms with van der Waals surface area (Å²) in [6.07, 6.45) is 1.40. The van der Waals surface area contributed by atoms with Gasteiger partial charge in [0.05, 0.1) is 12.1 Å². The maximum Gasteiger partial charge on any atom is 0.0750 e. The molecule has 0 aromatic heterocycles. The fraction of sp³-hybridized carbons (Fsp3) is 0.538. The van der Waals surface area contributed by atoms with Gasteiger partial charge in [-0.05, 0) is 25.0 Å². The molecule has 1 aliphatic rings. The monoisotopic (exact) mass is 220 g/mol. The summed E-state index contributed by atoms with van der Waals surface area (Å²) < 4.78 is 5.61. The molecule has 0 radical (unpaired) electrons. The van der Waals surface area contributed by atoms with Gasteiger partial charge in [0, 0.05) is 25.9 Å². The predicted octanol–water partition coefficient (Wildman–Crippen LogP) is 1.76. The van der Waals surface area contributed by atoms with Gasteiger partial charge >= 0.3 is 0 Å². The van der Waals surface area contributed by atoms with Crippen molar-refractivity contribution < 1.29 is 4.74 Å². The van der Waals surface area contributed by atoms with Crippen LogP contribution >= 0.6 is 0 Å². The fourth-order valence-electron chi connectivity index (χ4n) is 2.44. The Morgan fingerprint density at radius 3 is 2.81 bits per heavy atom. The van der Waals surface area contributed by atoms with E-state index in [-0.39, 0.29) is 0 Å². The van der Waals surface area contributed by atoms with E-state index in [1.54, 1.807) is 0 Å². The maximum atomic E-state index is 5.76. The van der Waals surface area contributed by atoms with E-state index in [0.717, 1.165) is 13.0 Å². The van der Waals surface area contributed by atoms with Crippen LogP contribution in [0.4, 0.5) is 5.69 Å². The highest BCUT2D eigenvalue weighted by Gasteiger charge is 2.28. The first kappa shape index (κ1) is 11.4. The van der Waals surface area contributed by atoms with E-state index in [1.807, 2.05) is 6.07 Å². The van der Waals surface area contributed by atoms with Crippen LogP contribution in [-0.2, 0) is 11.3 Å². The molecule has 2 atom stereocenters. The SMILES string of the molecule is CC1OCCC1N(C)c1ccccc1CN. The Balaban J connectivity index is 2.22. The van der Waals surface area contributed by atoms with Crippen LogP contribution in [0.15, 0.2) is 24.3 Å². The van der Waals surface area contributed by atoms with E-state index in [0.29, 0.717) is 18.7 Å². The van der Waals surface area contributed by atoms with Crippen molar-refractivity contribution in [3.05, 3.63) is 29.8 Å². The molecule has 1 aromatic carbocycles. The molecule has 3 nitrogen and oxygen atoms in total. The molecule has 1 heterocycles. The maximum absolute atomic E-state index is 5.76. The van der Waals surface area contributed by atoms with Crippen LogP contribution < -0.4 is 10.6 Å². The summed E-state index contributed by atoms with van der Waals surface area (Å²) in [4.78, 5) is 2.31. The second-order valence-electron chi connectivity index (χ2n) is 4.38. The molecule has 1 aromatic rings. The van der Waals surface area contributed by atoms with Crippen molar-refractivity contribution in [2.75, 3.05) is 18.6 Å². The van der Waals surface area contributed by atoms with Gasteiger partial charge in [-0.1, -0.05) is 18.2 Å². The summed E-state index contributed by atoms with van der Waals surface area (Å²) in [6.45, 7) is 3.59. The molecule has 3 heteroatoms. The van der Waals surface area contributed by atoms with Crippen molar-refractivity contribution in [3.8, 4) is 0 Å². The summed E-state index contributed by atoms with van der Waals surface area (Å²) in [6, 6.07) is 8.78. The van der Waals surface area contributed by atoms with E-state index in [1.165, 1.54) is 11.3 Å². The van der Waals surface area contributed by atoms with Crippen LogP contribution in [0, 0.1) is 0 Å². The van der Waals surface area contributed by atoms with Crippen molar-refractivity contribution in [2.45, 2.75) is 32.0 Å². The highest BCUT2D eigenvalue weighted by molar-refractivity contribution is 5.54. The highest BCUT2D eigenvalue weighted by Crippen LogP contribution is 2.26. The summed E-state index contributed by atoms with van der Waals surface area (Å²) in [5.41, 5.74) is 8.19. The zero-order chi connectivity index (χ0) is 11.5. The van der Waals surface area contributed by atoms with Gasteiger partial charge in [-0.3, -0.25) is 0 Å². The first-order valence-corrected chi connectivity index (χ1v) is 5.86. The lowest BCUT2D eigenvalue weighted by molar-refractivity contribution is 0.118. The Morgan fingerprint density at radius 1 is 1.44 bits per heavy atom. The number of hydrogen-bond donors (Lipinski definition) is 1. The van der Waals surface area contributed by atoms with Gasteiger partial charge in [-0.25, -0.2) is 0 Å². The van der Waals surface area contributed by atoms with Crippen molar-refractivity contribution >= 4 is 5.69 Å². The Bertz CT molecular complexity index is 354. The van der Waals surface area contributed by atoms with Gasteiger partial charge in [-0.15, -0.1) is 0 Å². The number of nitrogens with zero attached hydrogens (tertiary/aromatic N) is 1. The number of ether oxygens (including phenoxy) is 1. The molecule has 0 amide bonds. The van der Waals surface area contributed by atoms with Gasteiger partial charge < -0.3 is 15.4 Å². The summed E-state index contributed by atoms with van der Waals surface area (Å²) in [5.74, 6) is 0. The van der Waals surface area contributed by atoms with E-state index < -0.39 is 0 Å². The third kappa shape index (κ3) is 2.06. The van der Waals surface area contributed by atoms with Crippen LogP contribution in [0.2, 0.25) is 0 Å². The quantitative estimate of drug-likeness (QED) is 0.843. The normalized spacial score (nSPS) is 24.7. The van der Waals surface area contributed by atoms with Crippen molar-refractivity contribution in [2.24, 2.45) is 5.73 Å². The number of rotatable bonds is 3. The first-order valence-electron chi connectivity index (χ1n) is 5.86. The fourth-order valence-corrected chi connectivity index (χ4v) is 2.44. The van der Waals surface area contributed by atoms with Gasteiger partial charge in [0.1, 0.15) is 0 Å². The van der Waals surface area contributed by atoms with Crippen LogP contribution in [0.3, 0.4) is 0 Å². The molecule has 0 saturated carbocycles. The lowest BCUT2D eigenvalue weighted by Gasteiger charge is -2.30. The summed E-state index contributed by atoms with van der Waals surface area (Å²) >= 11 is 0. The number of anilines is 1. The number of benzene rings is 1. The summed E-state index contributed by atoms with van der Waals surface area (Å²) in [7, 11) is 2.13. The van der Waals surface area contributed by atoms with Crippen molar-refractivity contribution in [3.63, 3.8) is 0 Å². The minimum Gasteiger partial charge on any atom is -0.376 e. The number of hydrogen-bond acceptors (Lipinski definition) is 3. The second-order valence-corrected chi connectivity index (χ2v) is 4.38. The lowest BCUT2D eigenvalue weighted by Crippen LogP contribution is -2.37. The standard InChI is InChI=1S/C13H20N2O/c1-10-12(7-8-16-10)15(2)13-6-4-3-5-11(13)9-14/h3-6,10,12H,7-9,14H2,1-2H3. The van der Waals surface area contributed by atoms with Crippen molar-refractivity contribution in [1.82, 2.24) is 0 Å². The molecule has 16 heavy (non-hydrogen) atoms. The first-order chi connectivity index (χ1) is 7.74. The van der Waals surface area contributed by atoms with E-state index in [4.69, 9.17) is 10.5 Å². The lowest BCUT2D eigenvalue weighted by atomic mass is 10.1. The molecule has 2 rings (SSSR count). The Labute approximate surface area is 97.2 Å². The third-order valence-electron chi connectivity index (χ3n) is 3.43. The van der Waals surface area contributed by atoms with Crippen LogP contribution in [0.25, 0.3) is 0 Å². The zero-order valence-electron chi connectivity index (χ0n) is 10.0. The zero-order valence-corrected chi connectivity index (χ0v) is 10.0. The number of nitrogens with two attached hydrogens (primary N) is 1. The molecule has 0 aliphatic carbocycles. The molecule has 2 unspecified atom stereocenters. The van der Waals surface area contributed by atoms with Gasteiger partial charge in [0.2, 0.25) is 0 Å². The number of para-hydroxylation sites is 1. The molecule has 0 spiro atoms. The molecule has 1 saturated heterocycles. The largest absolute Gasteiger partial charge is 0.376 e. The number of likely N-dealkylation sites (N-methyl/N-ethyl adjacent to an activating group) is 1. The third-order valence-corrected chi connectivity index (χ3v) is 3.43. The molecule has 2 N–H and O–H groups in total. The van der Waals surface area contributed by atoms with Crippen LogP contribution in [-0.4, -0.2) is 25.8 Å². The topological polar surface area (TPSA) is 38.5 Å². The van der Waals surface area contributed by atoms with Crippen molar-refractivity contribution in [1.29, 1.82) is 0 Å². The summed E-state index contributed by atoms with van der Waals surface area (Å²) in [5, 5.41) is 0. The second kappa shape index (κ2) is 4.85. The minimum atomic E-state index is 0.302. The van der Waals surface area contributed by atoms with Gasteiger partial charge in [-0.2, -0.15) is 0 Å². The Hall–Kier alpha value is -1.06. The van der Waals surface area contributed by atoms with E-state index in [2.05, 4.69) is 37.1 Å². The molecular formula is C13H20N2O. The molecular weight excluding hydrogens is 200 g/mol. The smallest absolute Gasteiger partial charge is 0.0750 e. The van der Waals surface area contributed by atoms with Crippen LogP contribution in [0.5, 0.6) is 0 Å². The Morgan fingerprint density at radius 2 is 2.19 bits per heavy atom. The molecule has 1 fully saturated rings. The van der Waals surface area contributed by atoms with Crippen LogP contribution in [0.1, 0.15) is 18.9 Å². The molecule has 88 valence electrons. The van der Waals surface area contributed by atoms with Gasteiger partial charge in [0.25, 0.3) is 0 Å². The average molecular weight is 220 g/mol. The predicted molar refractivity (Wildman–Crippen MR) is 66.6 cm³/mol.